The summed E-state index contributed by atoms with van der Waals surface area (Å²) in [4.78, 5) is 29.2. The van der Waals surface area contributed by atoms with Crippen molar-refractivity contribution in [3.63, 3.8) is 0 Å². The van der Waals surface area contributed by atoms with E-state index in [1.807, 2.05) is 32.0 Å². The van der Waals surface area contributed by atoms with E-state index in [0.29, 0.717) is 30.1 Å². The van der Waals surface area contributed by atoms with Gasteiger partial charge < -0.3 is 9.73 Å². The van der Waals surface area contributed by atoms with Gasteiger partial charge in [-0.3, -0.25) is 9.59 Å². The Labute approximate surface area is 132 Å². The van der Waals surface area contributed by atoms with Crippen molar-refractivity contribution in [2.24, 2.45) is 0 Å². The number of pyridine rings is 1. The number of carbonyl (C=O) groups is 2. The van der Waals surface area contributed by atoms with Crippen LogP contribution in [0.1, 0.15) is 34.6 Å². The number of aryl methyl sites for hydroxylation is 1. The molecule has 3 heterocycles. The third-order valence-corrected chi connectivity index (χ3v) is 4.73. The van der Waals surface area contributed by atoms with Crippen molar-refractivity contribution in [2.75, 3.05) is 0 Å². The van der Waals surface area contributed by atoms with E-state index < -0.39 is 0 Å². The zero-order valence-electron chi connectivity index (χ0n) is 12.4. The summed E-state index contributed by atoms with van der Waals surface area (Å²) >= 11 is 1.49. The van der Waals surface area contributed by atoms with Crippen LogP contribution in [0.15, 0.2) is 33.6 Å². The van der Waals surface area contributed by atoms with Gasteiger partial charge in [0.1, 0.15) is 17.2 Å². The molecule has 0 saturated heterocycles. The number of furan rings is 1. The summed E-state index contributed by atoms with van der Waals surface area (Å²) in [5.74, 6) is 1.38. The van der Waals surface area contributed by atoms with Gasteiger partial charge in [-0.1, -0.05) is 0 Å². The Morgan fingerprint density at radius 2 is 2.23 bits per heavy atom. The second kappa shape index (κ2) is 5.96. The third kappa shape index (κ3) is 3.06. The first kappa shape index (κ1) is 14.8. The molecule has 6 heteroatoms. The lowest BCUT2D eigenvalue weighted by Gasteiger charge is -2.19. The predicted molar refractivity (Wildman–Crippen MR) is 82.9 cm³/mol. The second-order valence-electron chi connectivity index (χ2n) is 5.24. The van der Waals surface area contributed by atoms with E-state index in [4.69, 9.17) is 4.42 Å². The lowest BCUT2D eigenvalue weighted by atomic mass is 10.1. The number of thioether (sulfide) groups is 1. The van der Waals surface area contributed by atoms with Crippen LogP contribution in [0.5, 0.6) is 0 Å². The summed E-state index contributed by atoms with van der Waals surface area (Å²) in [5, 5.41) is 2.72. The first-order valence-corrected chi connectivity index (χ1v) is 7.93. The maximum atomic E-state index is 12.1. The first-order valence-electron chi connectivity index (χ1n) is 7.06. The van der Waals surface area contributed by atoms with Gasteiger partial charge in [0.05, 0.1) is 23.9 Å². The number of hydrogen-bond acceptors (Lipinski definition) is 5. The number of nitrogens with one attached hydrogen (secondary N) is 1. The van der Waals surface area contributed by atoms with Gasteiger partial charge in [-0.2, -0.15) is 0 Å². The van der Waals surface area contributed by atoms with Crippen LogP contribution < -0.4 is 5.32 Å². The van der Waals surface area contributed by atoms with Crippen molar-refractivity contribution >= 4 is 23.5 Å². The maximum Gasteiger partial charge on any atom is 0.270 e. The van der Waals surface area contributed by atoms with Crippen LogP contribution in [0.25, 0.3) is 0 Å². The van der Waals surface area contributed by atoms with E-state index in [1.54, 1.807) is 6.07 Å². The summed E-state index contributed by atoms with van der Waals surface area (Å²) in [7, 11) is 0. The monoisotopic (exact) mass is 316 g/mol. The molecule has 2 aromatic rings. The van der Waals surface area contributed by atoms with Gasteiger partial charge >= 0.3 is 0 Å². The Balaban J connectivity index is 1.71. The molecule has 0 radical (unpaired) electrons. The van der Waals surface area contributed by atoms with Gasteiger partial charge in [0.15, 0.2) is 5.78 Å². The highest BCUT2D eigenvalue weighted by Crippen LogP contribution is 2.32. The van der Waals surface area contributed by atoms with Gasteiger partial charge in [-0.05, 0) is 38.1 Å². The van der Waals surface area contributed by atoms with Crippen LogP contribution in [0.4, 0.5) is 0 Å². The van der Waals surface area contributed by atoms with E-state index >= 15 is 0 Å². The minimum absolute atomic E-state index is 0.0452. The molecule has 3 rings (SSSR count). The summed E-state index contributed by atoms with van der Waals surface area (Å²) in [6.07, 6.45) is 0.294. The minimum Gasteiger partial charge on any atom is -0.465 e. The SMILES string of the molecule is Cc1ccc(CNC(=O)c2ccc3c(n2)CC(=O)C(C)S3)o1. The Morgan fingerprint density at radius 1 is 1.41 bits per heavy atom. The number of carbonyl (C=O) groups excluding carboxylic acids is 2. The number of ketones is 1. The van der Waals surface area contributed by atoms with Gasteiger partial charge in [0.25, 0.3) is 5.91 Å². The molecule has 1 aliphatic rings. The highest BCUT2D eigenvalue weighted by atomic mass is 32.2. The summed E-state index contributed by atoms with van der Waals surface area (Å²) in [6, 6.07) is 7.23. The zero-order chi connectivity index (χ0) is 15.7. The quantitative estimate of drug-likeness (QED) is 0.942. The second-order valence-corrected chi connectivity index (χ2v) is 6.62. The van der Waals surface area contributed by atoms with E-state index in [1.165, 1.54) is 11.8 Å². The van der Waals surface area contributed by atoms with Crippen molar-refractivity contribution in [1.82, 2.24) is 10.3 Å². The van der Waals surface area contributed by atoms with Crippen molar-refractivity contribution in [3.8, 4) is 0 Å². The summed E-state index contributed by atoms with van der Waals surface area (Å²) in [6.45, 7) is 4.06. The van der Waals surface area contributed by atoms with E-state index in [9.17, 15) is 9.59 Å². The maximum absolute atomic E-state index is 12.1. The van der Waals surface area contributed by atoms with E-state index in [0.717, 1.165) is 10.7 Å². The first-order chi connectivity index (χ1) is 10.5. The molecule has 0 aromatic carbocycles. The zero-order valence-corrected chi connectivity index (χ0v) is 13.2. The van der Waals surface area contributed by atoms with Crippen LogP contribution in [0.2, 0.25) is 0 Å². The molecule has 1 N–H and O–H groups in total. The van der Waals surface area contributed by atoms with Crippen LogP contribution >= 0.6 is 11.8 Å². The molecule has 1 atom stereocenters. The van der Waals surface area contributed by atoms with Crippen molar-refractivity contribution in [1.29, 1.82) is 0 Å². The number of amides is 1. The molecule has 0 aliphatic carbocycles. The van der Waals surface area contributed by atoms with Gasteiger partial charge in [-0.25, -0.2) is 4.98 Å². The molecule has 1 aliphatic heterocycles. The molecule has 5 nitrogen and oxygen atoms in total. The van der Waals surface area contributed by atoms with E-state index in [2.05, 4.69) is 10.3 Å². The molecule has 1 unspecified atom stereocenters. The highest BCUT2D eigenvalue weighted by molar-refractivity contribution is 8.00. The van der Waals surface area contributed by atoms with Crippen LogP contribution in [0.3, 0.4) is 0 Å². The highest BCUT2D eigenvalue weighted by Gasteiger charge is 2.25. The summed E-state index contributed by atoms with van der Waals surface area (Å²) < 4.78 is 5.40. The number of hydrogen-bond donors (Lipinski definition) is 1. The van der Waals surface area contributed by atoms with Gasteiger partial charge in [0.2, 0.25) is 0 Å². The number of aromatic nitrogens is 1. The fourth-order valence-corrected chi connectivity index (χ4v) is 3.25. The Hall–Kier alpha value is -2.08. The van der Waals surface area contributed by atoms with Crippen LogP contribution in [-0.4, -0.2) is 21.9 Å². The molecule has 1 amide bonds. The number of Topliss-reactive ketones (excluding diaryl/α,β-unsaturated/α-hetero) is 1. The lowest BCUT2D eigenvalue weighted by molar-refractivity contribution is -0.117. The fraction of sp³-hybridized carbons (Fsp3) is 0.312. The molecule has 2 aromatic heterocycles. The van der Waals surface area contributed by atoms with Crippen LogP contribution in [-0.2, 0) is 17.8 Å². The lowest BCUT2D eigenvalue weighted by Crippen LogP contribution is -2.26. The normalized spacial score (nSPS) is 17.2. The molecule has 0 saturated carbocycles. The Kier molecular flexibility index (Phi) is 4.02. The molecular formula is C16H16N2O3S. The number of nitrogens with zero attached hydrogens (tertiary/aromatic N) is 1. The average molecular weight is 316 g/mol. The molecule has 0 bridgehead atoms. The largest absolute Gasteiger partial charge is 0.465 e. The topological polar surface area (TPSA) is 72.2 Å². The van der Waals surface area contributed by atoms with Crippen molar-refractivity contribution < 1.29 is 14.0 Å². The molecule has 114 valence electrons. The minimum atomic E-state index is -0.270. The smallest absolute Gasteiger partial charge is 0.270 e. The molecular weight excluding hydrogens is 300 g/mol. The van der Waals surface area contributed by atoms with Gasteiger partial charge in [0, 0.05) is 4.90 Å². The fourth-order valence-electron chi connectivity index (χ4n) is 2.25. The number of fused-ring (bicyclic) bond motifs is 1. The third-order valence-electron chi connectivity index (χ3n) is 3.48. The summed E-state index contributed by atoms with van der Waals surface area (Å²) in [5.41, 5.74) is 1.01. The number of rotatable bonds is 3. The van der Waals surface area contributed by atoms with Crippen molar-refractivity contribution in [3.05, 3.63) is 47.2 Å². The predicted octanol–water partition coefficient (Wildman–Crippen LogP) is 2.52. The Morgan fingerprint density at radius 3 is 2.95 bits per heavy atom. The van der Waals surface area contributed by atoms with Crippen molar-refractivity contribution in [2.45, 2.75) is 37.0 Å². The van der Waals surface area contributed by atoms with Crippen LogP contribution in [0, 0.1) is 6.92 Å². The molecule has 22 heavy (non-hydrogen) atoms. The van der Waals surface area contributed by atoms with E-state index in [-0.39, 0.29) is 16.9 Å². The Bertz CT molecular complexity index is 739. The van der Waals surface area contributed by atoms with Gasteiger partial charge in [-0.15, -0.1) is 11.8 Å². The molecule has 0 fully saturated rings. The average Bonchev–Trinajstić information content (AvgIpc) is 2.91. The standard InChI is InChI=1S/C16H16N2O3S/c1-9-3-4-11(21-9)8-17-16(20)12-5-6-15-13(18-12)7-14(19)10(2)22-15/h3-6,10H,7-8H2,1-2H3,(H,17,20). The molecule has 0 spiro atoms.